The van der Waals surface area contributed by atoms with Gasteiger partial charge in [-0.15, -0.1) is 10.2 Å². The van der Waals surface area contributed by atoms with E-state index in [1.807, 2.05) is 4.57 Å². The predicted octanol–water partition coefficient (Wildman–Crippen LogP) is 0.646. The van der Waals surface area contributed by atoms with Crippen molar-refractivity contribution >= 4 is 0 Å². The quantitative estimate of drug-likeness (QED) is 0.717. The summed E-state index contributed by atoms with van der Waals surface area (Å²) >= 11 is 0. The second-order valence-corrected chi connectivity index (χ2v) is 3.77. The number of hydrogen-bond donors (Lipinski definition) is 0. The molecule has 1 aromatic heterocycles. The average Bonchev–Trinajstić information content (AvgIpc) is 2.87. The summed E-state index contributed by atoms with van der Waals surface area (Å²) in [7, 11) is 1.70. The minimum Gasteiger partial charge on any atom is -0.383 e. The first-order chi connectivity index (χ1) is 7.40. The highest BCUT2D eigenvalue weighted by Gasteiger charge is 2.18. The van der Waals surface area contributed by atoms with E-state index in [1.165, 1.54) is 0 Å². The van der Waals surface area contributed by atoms with Crippen LogP contribution in [0.2, 0.25) is 0 Å². The van der Waals surface area contributed by atoms with Crippen molar-refractivity contribution in [2.75, 3.05) is 20.3 Å². The number of ether oxygens (including phenoxy) is 2. The normalized spacial score (nSPS) is 21.0. The van der Waals surface area contributed by atoms with Crippen molar-refractivity contribution < 1.29 is 9.47 Å². The van der Waals surface area contributed by atoms with Crippen molar-refractivity contribution in [3.8, 4) is 0 Å². The van der Waals surface area contributed by atoms with Gasteiger partial charge in [0.05, 0.1) is 12.7 Å². The zero-order valence-electron chi connectivity index (χ0n) is 9.06. The van der Waals surface area contributed by atoms with Gasteiger partial charge in [0.25, 0.3) is 0 Å². The number of nitrogens with zero attached hydrogens (tertiary/aromatic N) is 3. The van der Waals surface area contributed by atoms with E-state index in [1.54, 1.807) is 13.4 Å². The van der Waals surface area contributed by atoms with E-state index in [2.05, 4.69) is 10.2 Å². The molecule has 2 heterocycles. The molecule has 0 amide bonds. The van der Waals surface area contributed by atoms with Crippen molar-refractivity contribution in [1.29, 1.82) is 0 Å². The van der Waals surface area contributed by atoms with Crippen molar-refractivity contribution in [1.82, 2.24) is 14.8 Å². The molecule has 15 heavy (non-hydrogen) atoms. The van der Waals surface area contributed by atoms with Gasteiger partial charge in [-0.05, 0) is 12.8 Å². The van der Waals surface area contributed by atoms with Crippen molar-refractivity contribution in [2.24, 2.45) is 0 Å². The highest BCUT2D eigenvalue weighted by Crippen LogP contribution is 2.15. The van der Waals surface area contributed by atoms with Crippen molar-refractivity contribution in [3.05, 3.63) is 12.2 Å². The van der Waals surface area contributed by atoms with Gasteiger partial charge in [-0.2, -0.15) is 0 Å². The minimum absolute atomic E-state index is 0.329. The summed E-state index contributed by atoms with van der Waals surface area (Å²) < 4.78 is 12.6. The third kappa shape index (κ3) is 2.76. The summed E-state index contributed by atoms with van der Waals surface area (Å²) in [5, 5.41) is 8.03. The maximum Gasteiger partial charge on any atom is 0.135 e. The number of rotatable bonds is 5. The van der Waals surface area contributed by atoms with Crippen LogP contribution in [0.4, 0.5) is 0 Å². The monoisotopic (exact) mass is 211 g/mol. The summed E-state index contributed by atoms with van der Waals surface area (Å²) in [5.74, 6) is 0.999. The third-order valence-electron chi connectivity index (χ3n) is 2.67. The molecule has 1 saturated heterocycles. The van der Waals surface area contributed by atoms with Gasteiger partial charge in [0, 0.05) is 26.7 Å². The van der Waals surface area contributed by atoms with Crippen LogP contribution < -0.4 is 0 Å². The second-order valence-electron chi connectivity index (χ2n) is 3.77. The zero-order chi connectivity index (χ0) is 10.5. The van der Waals surface area contributed by atoms with E-state index in [4.69, 9.17) is 9.47 Å². The Labute approximate surface area is 89.4 Å². The Morgan fingerprint density at radius 2 is 2.60 bits per heavy atom. The standard InChI is InChI=1S/C10H17N3O2/c1-14-6-4-13-8-11-12-10(13)7-9-3-2-5-15-9/h8-9H,2-7H2,1H3. The van der Waals surface area contributed by atoms with Crippen LogP contribution in [0.25, 0.3) is 0 Å². The van der Waals surface area contributed by atoms with Crippen LogP contribution in [0.3, 0.4) is 0 Å². The van der Waals surface area contributed by atoms with Crippen LogP contribution in [0.15, 0.2) is 6.33 Å². The molecule has 1 aliphatic heterocycles. The molecule has 0 bridgehead atoms. The fraction of sp³-hybridized carbons (Fsp3) is 0.800. The highest BCUT2D eigenvalue weighted by atomic mass is 16.5. The molecule has 1 unspecified atom stereocenters. The molecular weight excluding hydrogens is 194 g/mol. The van der Waals surface area contributed by atoms with E-state index in [-0.39, 0.29) is 0 Å². The molecule has 5 nitrogen and oxygen atoms in total. The first-order valence-corrected chi connectivity index (χ1v) is 5.37. The fourth-order valence-corrected chi connectivity index (χ4v) is 1.82. The third-order valence-corrected chi connectivity index (χ3v) is 2.67. The maximum atomic E-state index is 5.57. The number of hydrogen-bond acceptors (Lipinski definition) is 4. The summed E-state index contributed by atoms with van der Waals surface area (Å²) in [5.41, 5.74) is 0. The molecular formula is C10H17N3O2. The summed E-state index contributed by atoms with van der Waals surface area (Å²) in [4.78, 5) is 0. The van der Waals surface area contributed by atoms with Crippen molar-refractivity contribution in [2.45, 2.75) is 31.9 Å². The van der Waals surface area contributed by atoms with Crippen LogP contribution in [0.1, 0.15) is 18.7 Å². The lowest BCUT2D eigenvalue weighted by molar-refractivity contribution is 0.108. The lowest BCUT2D eigenvalue weighted by atomic mass is 10.2. The van der Waals surface area contributed by atoms with Gasteiger partial charge in [0.2, 0.25) is 0 Å². The average molecular weight is 211 g/mol. The van der Waals surface area contributed by atoms with E-state index in [0.29, 0.717) is 12.7 Å². The Kier molecular flexibility index (Phi) is 3.69. The van der Waals surface area contributed by atoms with E-state index >= 15 is 0 Å². The molecule has 0 radical (unpaired) electrons. The van der Waals surface area contributed by atoms with Gasteiger partial charge in [-0.25, -0.2) is 0 Å². The predicted molar refractivity (Wildman–Crippen MR) is 54.6 cm³/mol. The zero-order valence-corrected chi connectivity index (χ0v) is 9.06. The van der Waals surface area contributed by atoms with Crippen LogP contribution in [0, 0.1) is 0 Å². The van der Waals surface area contributed by atoms with Gasteiger partial charge in [0.1, 0.15) is 12.2 Å². The Hall–Kier alpha value is -0.940. The molecule has 0 aromatic carbocycles. The molecule has 84 valence electrons. The molecule has 1 aromatic rings. The molecule has 0 saturated carbocycles. The fourth-order valence-electron chi connectivity index (χ4n) is 1.82. The van der Waals surface area contributed by atoms with Crippen LogP contribution in [-0.2, 0) is 22.4 Å². The number of methoxy groups -OCH3 is 1. The summed E-state index contributed by atoms with van der Waals surface area (Å²) in [6.45, 7) is 2.39. The molecule has 1 atom stereocenters. The van der Waals surface area contributed by atoms with E-state index < -0.39 is 0 Å². The van der Waals surface area contributed by atoms with Crippen LogP contribution in [-0.4, -0.2) is 41.2 Å². The lowest BCUT2D eigenvalue weighted by Crippen LogP contribution is -2.15. The molecule has 0 N–H and O–H groups in total. The first-order valence-electron chi connectivity index (χ1n) is 5.37. The summed E-state index contributed by atoms with van der Waals surface area (Å²) in [6.07, 6.45) is 5.25. The lowest BCUT2D eigenvalue weighted by Gasteiger charge is -2.09. The second kappa shape index (κ2) is 5.23. The van der Waals surface area contributed by atoms with E-state index in [9.17, 15) is 0 Å². The molecule has 1 fully saturated rings. The molecule has 1 aliphatic rings. The Morgan fingerprint density at radius 3 is 3.33 bits per heavy atom. The number of aromatic nitrogens is 3. The largest absolute Gasteiger partial charge is 0.383 e. The Bertz CT molecular complexity index is 295. The molecule has 0 spiro atoms. The first kappa shape index (κ1) is 10.6. The van der Waals surface area contributed by atoms with Gasteiger partial charge < -0.3 is 14.0 Å². The van der Waals surface area contributed by atoms with E-state index in [0.717, 1.165) is 38.2 Å². The maximum absolute atomic E-state index is 5.57. The van der Waals surface area contributed by atoms with Gasteiger partial charge in [0.15, 0.2) is 0 Å². The summed E-state index contributed by atoms with van der Waals surface area (Å²) in [6, 6.07) is 0. The van der Waals surface area contributed by atoms with Gasteiger partial charge in [-0.3, -0.25) is 0 Å². The topological polar surface area (TPSA) is 49.2 Å². The molecule has 0 aliphatic carbocycles. The smallest absolute Gasteiger partial charge is 0.135 e. The Balaban J connectivity index is 1.91. The minimum atomic E-state index is 0.329. The van der Waals surface area contributed by atoms with Crippen LogP contribution in [0.5, 0.6) is 0 Å². The van der Waals surface area contributed by atoms with Gasteiger partial charge in [-0.1, -0.05) is 0 Å². The molecule has 5 heteroatoms. The van der Waals surface area contributed by atoms with Crippen LogP contribution >= 0.6 is 0 Å². The molecule has 2 rings (SSSR count). The SMILES string of the molecule is COCCn1cnnc1CC1CCCO1. The highest BCUT2D eigenvalue weighted by molar-refractivity contribution is 4.89. The van der Waals surface area contributed by atoms with Crippen molar-refractivity contribution in [3.63, 3.8) is 0 Å². The van der Waals surface area contributed by atoms with Gasteiger partial charge >= 0.3 is 0 Å². The Morgan fingerprint density at radius 1 is 1.67 bits per heavy atom.